The second-order valence-corrected chi connectivity index (χ2v) is 3.61. The van der Waals surface area contributed by atoms with Gasteiger partial charge in [-0.05, 0) is 18.4 Å². The summed E-state index contributed by atoms with van der Waals surface area (Å²) in [5.41, 5.74) is 1.20. The second kappa shape index (κ2) is 5.06. The lowest BCUT2D eigenvalue weighted by Crippen LogP contribution is -1.97. The van der Waals surface area contributed by atoms with Gasteiger partial charge in [-0.15, -0.1) is 0 Å². The molecule has 0 fully saturated rings. The van der Waals surface area contributed by atoms with Crippen LogP contribution in [0, 0.1) is 0 Å². The van der Waals surface area contributed by atoms with Crippen molar-refractivity contribution in [2.75, 3.05) is 5.75 Å². The van der Waals surface area contributed by atoms with Crippen LogP contribution in [-0.2, 0) is 17.5 Å². The van der Waals surface area contributed by atoms with Gasteiger partial charge in [0.1, 0.15) is 0 Å². The highest BCUT2D eigenvalue weighted by Gasteiger charge is 1.90. The van der Waals surface area contributed by atoms with Gasteiger partial charge in [-0.25, -0.2) is 0 Å². The monoisotopic (exact) mass is 183 g/mol. The maximum atomic E-state index is 10.2. The Hall–Kier alpha value is -0.670. The predicted molar refractivity (Wildman–Crippen MR) is 48.5 cm³/mol. The molecule has 0 aliphatic carbocycles. The molecule has 1 aromatic rings. The Morgan fingerprint density at radius 3 is 2.50 bits per heavy atom. The number of benzene rings is 1. The molecule has 0 saturated carbocycles. The van der Waals surface area contributed by atoms with Crippen molar-refractivity contribution >= 4 is 11.1 Å². The van der Waals surface area contributed by atoms with E-state index in [1.807, 2.05) is 30.3 Å². The highest BCUT2D eigenvalue weighted by Crippen LogP contribution is 2.02. The molecule has 0 aliphatic heterocycles. The zero-order chi connectivity index (χ0) is 8.81. The first-order valence-corrected chi connectivity index (χ1v) is 5.13. The Morgan fingerprint density at radius 2 is 1.92 bits per heavy atom. The smallest absolute Gasteiger partial charge is 0.0105 e. The van der Waals surface area contributed by atoms with Gasteiger partial charge in [-0.3, -0.25) is 4.21 Å². The van der Waals surface area contributed by atoms with Crippen LogP contribution in [0.4, 0.5) is 0 Å². The lowest BCUT2D eigenvalue weighted by molar-refractivity contribution is 0.535. The quantitative estimate of drug-likeness (QED) is 0.664. The van der Waals surface area contributed by atoms with Crippen LogP contribution < -0.4 is 0 Å². The van der Waals surface area contributed by atoms with Gasteiger partial charge in [0.25, 0.3) is 0 Å². The Balaban J connectivity index is 2.29. The van der Waals surface area contributed by atoms with E-state index in [1.165, 1.54) is 5.56 Å². The van der Waals surface area contributed by atoms with Gasteiger partial charge >= 0.3 is 0 Å². The summed E-state index contributed by atoms with van der Waals surface area (Å²) in [6.45, 7) is 0. The molecule has 1 unspecified atom stereocenters. The fourth-order valence-corrected chi connectivity index (χ4v) is 1.42. The lowest BCUT2D eigenvalue weighted by atomic mass is 10.1. The van der Waals surface area contributed by atoms with E-state index in [-0.39, 0.29) is 5.75 Å². The van der Waals surface area contributed by atoms with E-state index in [2.05, 4.69) is 0 Å². The molecule has 0 amide bonds. The maximum Gasteiger partial charge on any atom is 0.0105 e. The highest BCUT2D eigenvalue weighted by molar-refractivity contribution is 7.79. The second-order valence-electron chi connectivity index (χ2n) is 2.60. The molecule has 0 aromatic heterocycles. The highest BCUT2D eigenvalue weighted by atomic mass is 32.2. The first kappa shape index (κ1) is 9.42. The molecule has 1 aromatic carbocycles. The number of hydrogen-bond acceptors (Lipinski definition) is 2. The lowest BCUT2D eigenvalue weighted by Gasteiger charge is -2.03. The summed E-state index contributed by atoms with van der Waals surface area (Å²) in [5, 5.41) is 0. The summed E-state index contributed by atoms with van der Waals surface area (Å²) < 4.78 is 20.4. The molecule has 0 aliphatic rings. The van der Waals surface area contributed by atoms with Crippen molar-refractivity contribution in [1.29, 1.82) is 0 Å². The molecule has 0 saturated heterocycles. The summed E-state index contributed by atoms with van der Waals surface area (Å²) in [6.07, 6.45) is 1.55. The van der Waals surface area contributed by atoms with E-state index in [0.29, 0.717) is 6.42 Å². The Kier molecular flexibility index (Phi) is 3.97. The number of rotatable bonds is 4. The van der Waals surface area contributed by atoms with Crippen LogP contribution in [0.3, 0.4) is 0 Å². The van der Waals surface area contributed by atoms with E-state index in [9.17, 15) is 8.76 Å². The maximum absolute atomic E-state index is 10.2. The molecule has 0 bridgehead atoms. The Morgan fingerprint density at radius 1 is 1.25 bits per heavy atom. The van der Waals surface area contributed by atoms with E-state index in [1.54, 1.807) is 0 Å². The van der Waals surface area contributed by atoms with Crippen molar-refractivity contribution in [3.05, 3.63) is 35.9 Å². The van der Waals surface area contributed by atoms with E-state index in [4.69, 9.17) is 0 Å². The summed E-state index contributed by atoms with van der Waals surface area (Å²) in [4.78, 5) is 0. The van der Waals surface area contributed by atoms with Gasteiger partial charge < -0.3 is 4.55 Å². The van der Waals surface area contributed by atoms with Gasteiger partial charge in [0.05, 0.1) is 0 Å². The molecule has 0 spiro atoms. The summed E-state index contributed by atoms with van der Waals surface area (Å²) in [5.74, 6) is 0.259. The van der Waals surface area contributed by atoms with Crippen LogP contribution in [-0.4, -0.2) is 14.5 Å². The van der Waals surface area contributed by atoms with Crippen LogP contribution >= 0.6 is 0 Å². The normalized spacial score (nSPS) is 12.8. The van der Waals surface area contributed by atoms with Crippen molar-refractivity contribution in [3.63, 3.8) is 0 Å². The van der Waals surface area contributed by atoms with Crippen molar-refractivity contribution in [2.45, 2.75) is 12.8 Å². The minimum atomic E-state index is -1.89. The molecule has 12 heavy (non-hydrogen) atoms. The zero-order valence-corrected chi connectivity index (χ0v) is 7.55. The van der Waals surface area contributed by atoms with E-state index >= 15 is 0 Å². The van der Waals surface area contributed by atoms with E-state index in [0.717, 1.165) is 6.42 Å². The van der Waals surface area contributed by atoms with Crippen molar-refractivity contribution < 1.29 is 8.76 Å². The van der Waals surface area contributed by atoms with E-state index < -0.39 is 11.1 Å². The Bertz CT molecular complexity index is 246. The van der Waals surface area contributed by atoms with Crippen LogP contribution in [0.15, 0.2) is 30.3 Å². The third-order valence-corrected chi connectivity index (χ3v) is 2.24. The molecule has 2 nitrogen and oxygen atoms in total. The van der Waals surface area contributed by atoms with Crippen LogP contribution in [0.2, 0.25) is 0 Å². The van der Waals surface area contributed by atoms with Gasteiger partial charge in [-0.2, -0.15) is 0 Å². The molecule has 1 atom stereocenters. The van der Waals surface area contributed by atoms with Crippen LogP contribution in [0.25, 0.3) is 0 Å². The Labute approximate surface area is 74.9 Å². The zero-order valence-electron chi connectivity index (χ0n) is 6.73. The minimum absolute atomic E-state index is 0.259. The average Bonchev–Trinajstić information content (AvgIpc) is 2.05. The third-order valence-electron chi connectivity index (χ3n) is 1.62. The third kappa shape index (κ3) is 3.64. The number of hydrogen-bond donors (Lipinski definition) is 0. The SMILES string of the molecule is O=S([O-])CCCc1ccccc1. The standard InChI is InChI=1S/C9H12O2S/c10-12(11)8-4-7-9-5-2-1-3-6-9/h1-3,5-6H,4,7-8H2,(H,10,11)/p-1. The van der Waals surface area contributed by atoms with Crippen LogP contribution in [0.1, 0.15) is 12.0 Å². The van der Waals surface area contributed by atoms with Gasteiger partial charge in [-0.1, -0.05) is 41.4 Å². The van der Waals surface area contributed by atoms with Crippen molar-refractivity contribution in [1.82, 2.24) is 0 Å². The van der Waals surface area contributed by atoms with Gasteiger partial charge in [0, 0.05) is 5.75 Å². The molecule has 0 heterocycles. The summed E-state index contributed by atoms with van der Waals surface area (Å²) in [7, 11) is 0. The molecular formula is C9H11O2S-. The average molecular weight is 183 g/mol. The first-order chi connectivity index (χ1) is 5.79. The molecule has 3 heteroatoms. The fourth-order valence-electron chi connectivity index (χ4n) is 1.04. The summed E-state index contributed by atoms with van der Waals surface area (Å²) in [6, 6.07) is 9.89. The van der Waals surface area contributed by atoms with Gasteiger partial charge in [0.2, 0.25) is 0 Å². The molecule has 66 valence electrons. The topological polar surface area (TPSA) is 40.1 Å². The van der Waals surface area contributed by atoms with Crippen LogP contribution in [0.5, 0.6) is 0 Å². The van der Waals surface area contributed by atoms with Crippen molar-refractivity contribution in [3.8, 4) is 0 Å². The summed E-state index contributed by atoms with van der Waals surface area (Å²) >= 11 is -1.89. The molecule has 0 N–H and O–H groups in total. The minimum Gasteiger partial charge on any atom is -0.772 e. The largest absolute Gasteiger partial charge is 0.772 e. The molecule has 1 rings (SSSR count). The first-order valence-electron chi connectivity index (χ1n) is 3.89. The van der Waals surface area contributed by atoms with Crippen molar-refractivity contribution in [2.24, 2.45) is 0 Å². The molecular weight excluding hydrogens is 172 g/mol. The number of aryl methyl sites for hydroxylation is 1. The molecule has 0 radical (unpaired) electrons. The van der Waals surface area contributed by atoms with Gasteiger partial charge in [0.15, 0.2) is 0 Å². The fraction of sp³-hybridized carbons (Fsp3) is 0.333. The predicted octanol–water partition coefficient (Wildman–Crippen LogP) is 1.50.